The van der Waals surface area contributed by atoms with Gasteiger partial charge in [0.1, 0.15) is 11.6 Å². The quantitative estimate of drug-likeness (QED) is 0.809. The smallest absolute Gasteiger partial charge is 0.329 e. The van der Waals surface area contributed by atoms with Crippen molar-refractivity contribution >= 4 is 11.9 Å². The van der Waals surface area contributed by atoms with Crippen LogP contribution in [-0.4, -0.2) is 46.7 Å². The number of ether oxygens (including phenoxy) is 1. The van der Waals surface area contributed by atoms with Crippen LogP contribution in [0.5, 0.6) is 0 Å². The third kappa shape index (κ3) is 5.27. The van der Waals surface area contributed by atoms with Crippen LogP contribution in [-0.2, 0) is 14.3 Å². The summed E-state index contributed by atoms with van der Waals surface area (Å²) in [5, 5.41) is 9.76. The highest BCUT2D eigenvalue weighted by Gasteiger charge is 2.37. The van der Waals surface area contributed by atoms with Gasteiger partial charge >= 0.3 is 5.97 Å². The lowest BCUT2D eigenvalue weighted by Gasteiger charge is -2.35. The Balaban J connectivity index is 2.82. The van der Waals surface area contributed by atoms with E-state index in [1.54, 1.807) is 7.05 Å². The molecule has 5 nitrogen and oxygen atoms in total. The number of carbonyl (C=O) groups excluding carboxylic acids is 2. The van der Waals surface area contributed by atoms with E-state index in [0.29, 0.717) is 6.42 Å². The minimum Gasteiger partial charge on any atom is -0.458 e. The number of esters is 1. The normalized spacial score (nSPS) is 24.0. The summed E-state index contributed by atoms with van der Waals surface area (Å²) in [5.41, 5.74) is -0.574. The highest BCUT2D eigenvalue weighted by Crippen LogP contribution is 2.27. The Hall–Kier alpha value is -1.10. The number of hydrogen-bond donors (Lipinski definition) is 1. The van der Waals surface area contributed by atoms with E-state index in [9.17, 15) is 14.7 Å². The average molecular weight is 313 g/mol. The van der Waals surface area contributed by atoms with Crippen molar-refractivity contribution < 1.29 is 19.4 Å². The van der Waals surface area contributed by atoms with Gasteiger partial charge in [0, 0.05) is 13.0 Å². The van der Waals surface area contributed by atoms with Crippen molar-refractivity contribution in [1.29, 1.82) is 0 Å². The minimum absolute atomic E-state index is 0.0303. The molecule has 1 fully saturated rings. The van der Waals surface area contributed by atoms with E-state index < -0.39 is 17.7 Å². The van der Waals surface area contributed by atoms with Crippen molar-refractivity contribution in [3.8, 4) is 0 Å². The van der Waals surface area contributed by atoms with E-state index in [4.69, 9.17) is 4.74 Å². The second-order valence-electron chi connectivity index (χ2n) is 7.69. The van der Waals surface area contributed by atoms with E-state index in [-0.39, 0.29) is 23.7 Å². The summed E-state index contributed by atoms with van der Waals surface area (Å²) < 4.78 is 5.46. The molecule has 1 rings (SSSR count). The molecule has 0 spiro atoms. The van der Waals surface area contributed by atoms with Gasteiger partial charge in [0.2, 0.25) is 5.91 Å². The van der Waals surface area contributed by atoms with Gasteiger partial charge in [-0.15, -0.1) is 0 Å². The molecule has 0 aromatic heterocycles. The molecule has 1 saturated carbocycles. The summed E-state index contributed by atoms with van der Waals surface area (Å²) in [6.45, 7) is 9.28. The van der Waals surface area contributed by atoms with Gasteiger partial charge in [0.05, 0.1) is 6.10 Å². The number of carbonyl (C=O) groups is 2. The third-order valence-electron chi connectivity index (χ3n) is 4.04. The maximum absolute atomic E-state index is 12.7. The molecule has 5 heteroatoms. The first-order valence-corrected chi connectivity index (χ1v) is 8.20. The Morgan fingerprint density at radius 3 is 2.27 bits per heavy atom. The van der Waals surface area contributed by atoms with Crippen LogP contribution in [0.4, 0.5) is 0 Å². The average Bonchev–Trinajstić information content (AvgIpc) is 2.35. The highest BCUT2D eigenvalue weighted by atomic mass is 16.6. The Bertz CT molecular complexity index is 400. The second kappa shape index (κ2) is 7.44. The Morgan fingerprint density at radius 2 is 1.82 bits per heavy atom. The van der Waals surface area contributed by atoms with Crippen molar-refractivity contribution in [1.82, 2.24) is 4.90 Å². The predicted octanol–water partition coefficient (Wildman–Crippen LogP) is 2.36. The minimum atomic E-state index is -0.592. The number of nitrogens with zero attached hydrogens (tertiary/aromatic N) is 1. The van der Waals surface area contributed by atoms with Crippen LogP contribution >= 0.6 is 0 Å². The van der Waals surface area contributed by atoms with Crippen LogP contribution in [0.3, 0.4) is 0 Å². The number of likely N-dealkylation sites (N-methyl/N-ethyl adjacent to an activating group) is 1. The van der Waals surface area contributed by atoms with Crippen LogP contribution in [0.25, 0.3) is 0 Å². The number of hydrogen-bond acceptors (Lipinski definition) is 4. The van der Waals surface area contributed by atoms with E-state index in [0.717, 1.165) is 19.3 Å². The van der Waals surface area contributed by atoms with Crippen molar-refractivity contribution in [2.45, 2.75) is 78.0 Å². The van der Waals surface area contributed by atoms with E-state index in [2.05, 4.69) is 0 Å². The summed E-state index contributed by atoms with van der Waals surface area (Å²) in [5.74, 6) is -0.659. The van der Waals surface area contributed by atoms with Crippen molar-refractivity contribution in [3.05, 3.63) is 0 Å². The number of rotatable bonds is 4. The van der Waals surface area contributed by atoms with Gasteiger partial charge < -0.3 is 14.7 Å². The molecule has 1 amide bonds. The fourth-order valence-electron chi connectivity index (χ4n) is 3.05. The molecule has 128 valence electrons. The molecule has 0 saturated heterocycles. The molecule has 1 aliphatic rings. The van der Waals surface area contributed by atoms with Gasteiger partial charge in [-0.3, -0.25) is 4.79 Å². The Morgan fingerprint density at radius 1 is 1.23 bits per heavy atom. The van der Waals surface area contributed by atoms with Crippen molar-refractivity contribution in [3.63, 3.8) is 0 Å². The zero-order chi connectivity index (χ0) is 17.1. The zero-order valence-corrected chi connectivity index (χ0v) is 14.8. The number of aliphatic hydroxyl groups is 1. The summed E-state index contributed by atoms with van der Waals surface area (Å²) in [4.78, 5) is 26.6. The maximum Gasteiger partial charge on any atom is 0.329 e. The molecule has 0 aliphatic heterocycles. The summed E-state index contributed by atoms with van der Waals surface area (Å²) in [6, 6.07) is -0.592. The molecule has 0 aromatic carbocycles. The van der Waals surface area contributed by atoms with Crippen LogP contribution in [0.15, 0.2) is 0 Å². The third-order valence-corrected chi connectivity index (χ3v) is 4.04. The van der Waals surface area contributed by atoms with Crippen molar-refractivity contribution in [2.24, 2.45) is 11.8 Å². The van der Waals surface area contributed by atoms with Crippen LogP contribution in [0.2, 0.25) is 0 Å². The molecule has 0 aromatic rings. The lowest BCUT2D eigenvalue weighted by Crippen LogP contribution is -2.50. The predicted molar refractivity (Wildman–Crippen MR) is 85.2 cm³/mol. The van der Waals surface area contributed by atoms with E-state index in [1.807, 2.05) is 34.6 Å². The van der Waals surface area contributed by atoms with Crippen LogP contribution in [0.1, 0.15) is 60.3 Å². The van der Waals surface area contributed by atoms with E-state index >= 15 is 0 Å². The Labute approximate surface area is 134 Å². The lowest BCUT2D eigenvalue weighted by atomic mass is 9.85. The molecule has 3 atom stereocenters. The maximum atomic E-state index is 12.7. The van der Waals surface area contributed by atoms with Gasteiger partial charge in [-0.25, -0.2) is 4.79 Å². The first-order valence-electron chi connectivity index (χ1n) is 8.20. The Kier molecular flexibility index (Phi) is 6.41. The number of amides is 1. The van der Waals surface area contributed by atoms with Gasteiger partial charge in [-0.2, -0.15) is 0 Å². The first kappa shape index (κ1) is 18.9. The topological polar surface area (TPSA) is 66.8 Å². The molecule has 22 heavy (non-hydrogen) atoms. The van der Waals surface area contributed by atoms with Gasteiger partial charge in [0.15, 0.2) is 0 Å². The zero-order valence-electron chi connectivity index (χ0n) is 14.8. The standard InChI is InChI=1S/C17H31NO4/c1-11(2)14(16(21)22-17(3,4)5)18(6)15(20)12-8-7-9-13(19)10-12/h11-14,19H,7-10H2,1-6H3/t12?,13?,14-/m0/s1. The highest BCUT2D eigenvalue weighted by molar-refractivity contribution is 5.86. The van der Waals surface area contributed by atoms with Crippen LogP contribution in [0, 0.1) is 11.8 Å². The lowest BCUT2D eigenvalue weighted by molar-refractivity contribution is -0.167. The second-order valence-corrected chi connectivity index (χ2v) is 7.69. The molecule has 0 bridgehead atoms. The fourth-order valence-corrected chi connectivity index (χ4v) is 3.05. The van der Waals surface area contributed by atoms with Gasteiger partial charge in [-0.1, -0.05) is 20.3 Å². The molecular formula is C17H31NO4. The number of aliphatic hydroxyl groups excluding tert-OH is 1. The molecule has 2 unspecified atom stereocenters. The van der Waals surface area contributed by atoms with Crippen molar-refractivity contribution in [2.75, 3.05) is 7.05 Å². The van der Waals surface area contributed by atoms with Crippen LogP contribution < -0.4 is 0 Å². The summed E-state index contributed by atoms with van der Waals surface area (Å²) in [7, 11) is 1.66. The summed E-state index contributed by atoms with van der Waals surface area (Å²) >= 11 is 0. The first-order chi connectivity index (χ1) is 10.0. The molecule has 0 radical (unpaired) electrons. The monoisotopic (exact) mass is 313 g/mol. The fraction of sp³-hybridized carbons (Fsp3) is 0.882. The molecule has 1 aliphatic carbocycles. The largest absolute Gasteiger partial charge is 0.458 e. The molecular weight excluding hydrogens is 282 g/mol. The summed E-state index contributed by atoms with van der Waals surface area (Å²) in [6.07, 6.45) is 2.47. The van der Waals surface area contributed by atoms with Gasteiger partial charge in [0.25, 0.3) is 0 Å². The van der Waals surface area contributed by atoms with E-state index in [1.165, 1.54) is 4.90 Å². The van der Waals surface area contributed by atoms with Gasteiger partial charge in [-0.05, 0) is 46.0 Å². The molecule has 1 N–H and O–H groups in total. The SMILES string of the molecule is CC(C)[C@@H](C(=O)OC(C)(C)C)N(C)C(=O)C1CCCC(O)C1. The molecule has 0 heterocycles.